The molecular weight excluding hydrogens is 350 g/mol. The topological polar surface area (TPSA) is 48.1 Å². The third-order valence-corrected chi connectivity index (χ3v) is 4.64. The number of hydrogen-bond donors (Lipinski definition) is 0. The van der Waals surface area contributed by atoms with Crippen LogP contribution in [0.4, 0.5) is 5.82 Å². The predicted octanol–water partition coefficient (Wildman–Crippen LogP) is 5.08. The van der Waals surface area contributed by atoms with E-state index in [1.54, 1.807) is 14.2 Å². The summed E-state index contributed by atoms with van der Waals surface area (Å²) >= 11 is 0. The maximum absolute atomic E-state index is 5.27. The lowest BCUT2D eigenvalue weighted by Crippen LogP contribution is -1.88. The standard InChI is InChI=1S/C23H21N3O2/c1-16-5-4-14-26-22(16)25-21(18-8-12-20(28-3)13-9-18)23(26)24-15-17-6-10-19(27-2)11-7-17/h4-15H,1-3H3/b24-15+. The Hall–Kier alpha value is -3.60. The highest BCUT2D eigenvalue weighted by atomic mass is 16.5. The Balaban J connectivity index is 1.82. The van der Waals surface area contributed by atoms with Gasteiger partial charge in [-0.3, -0.25) is 4.40 Å². The SMILES string of the molecule is COc1ccc(/C=N/c2c(-c3ccc(OC)cc3)nc3c(C)cccn23)cc1. The van der Waals surface area contributed by atoms with E-state index in [0.717, 1.165) is 45.3 Å². The third kappa shape index (κ3) is 3.34. The average Bonchev–Trinajstić information content (AvgIpc) is 3.12. The molecule has 0 bridgehead atoms. The van der Waals surface area contributed by atoms with E-state index in [2.05, 4.69) is 13.0 Å². The molecule has 5 nitrogen and oxygen atoms in total. The van der Waals surface area contributed by atoms with Crippen molar-refractivity contribution in [1.29, 1.82) is 0 Å². The van der Waals surface area contributed by atoms with Gasteiger partial charge in [0, 0.05) is 18.0 Å². The molecule has 0 atom stereocenters. The molecular formula is C23H21N3O2. The number of ether oxygens (including phenoxy) is 2. The van der Waals surface area contributed by atoms with E-state index in [-0.39, 0.29) is 0 Å². The Labute approximate surface area is 163 Å². The first-order valence-electron chi connectivity index (χ1n) is 9.00. The number of methoxy groups -OCH3 is 2. The molecule has 0 aliphatic heterocycles. The van der Waals surface area contributed by atoms with Crippen LogP contribution in [0.15, 0.2) is 71.9 Å². The molecule has 5 heteroatoms. The minimum Gasteiger partial charge on any atom is -0.497 e. The molecule has 0 N–H and O–H groups in total. The molecule has 2 aromatic heterocycles. The normalized spacial score (nSPS) is 11.2. The fourth-order valence-corrected chi connectivity index (χ4v) is 3.08. The van der Waals surface area contributed by atoms with Gasteiger partial charge in [-0.15, -0.1) is 0 Å². The highest BCUT2D eigenvalue weighted by Crippen LogP contribution is 2.32. The summed E-state index contributed by atoms with van der Waals surface area (Å²) in [4.78, 5) is 9.65. The van der Waals surface area contributed by atoms with Crippen molar-refractivity contribution in [2.75, 3.05) is 14.2 Å². The van der Waals surface area contributed by atoms with E-state index in [4.69, 9.17) is 19.5 Å². The molecule has 140 valence electrons. The molecule has 28 heavy (non-hydrogen) atoms. The van der Waals surface area contributed by atoms with Crippen molar-refractivity contribution in [3.63, 3.8) is 0 Å². The number of hydrogen-bond acceptors (Lipinski definition) is 4. The first-order valence-corrected chi connectivity index (χ1v) is 9.00. The van der Waals surface area contributed by atoms with Crippen molar-refractivity contribution in [1.82, 2.24) is 9.38 Å². The second kappa shape index (κ2) is 7.56. The Kier molecular flexibility index (Phi) is 4.81. The summed E-state index contributed by atoms with van der Waals surface area (Å²) in [5, 5.41) is 0. The fraction of sp³-hybridized carbons (Fsp3) is 0.130. The van der Waals surface area contributed by atoms with Crippen LogP contribution in [0, 0.1) is 6.92 Å². The summed E-state index contributed by atoms with van der Waals surface area (Å²) in [5.41, 5.74) is 4.81. The van der Waals surface area contributed by atoms with E-state index < -0.39 is 0 Å². The third-order valence-electron chi connectivity index (χ3n) is 4.64. The van der Waals surface area contributed by atoms with Crippen molar-refractivity contribution in [3.8, 4) is 22.8 Å². The van der Waals surface area contributed by atoms with E-state index in [1.807, 2.05) is 71.4 Å². The van der Waals surface area contributed by atoms with Gasteiger partial charge in [0.2, 0.25) is 0 Å². The molecule has 0 amide bonds. The number of aliphatic imine (C=N–C) groups is 1. The lowest BCUT2D eigenvalue weighted by molar-refractivity contribution is 0.414. The molecule has 0 unspecified atom stereocenters. The molecule has 0 saturated heterocycles. The van der Waals surface area contributed by atoms with Crippen LogP contribution in [-0.4, -0.2) is 29.8 Å². The summed E-state index contributed by atoms with van der Waals surface area (Å²) in [6.07, 6.45) is 3.83. The van der Waals surface area contributed by atoms with Crippen LogP contribution in [0.5, 0.6) is 11.5 Å². The van der Waals surface area contributed by atoms with E-state index in [1.165, 1.54) is 0 Å². The van der Waals surface area contributed by atoms with Gasteiger partial charge in [0.05, 0.1) is 14.2 Å². The summed E-state index contributed by atoms with van der Waals surface area (Å²) in [5.74, 6) is 2.42. The summed E-state index contributed by atoms with van der Waals surface area (Å²) in [6.45, 7) is 2.05. The Morgan fingerprint density at radius 2 is 1.54 bits per heavy atom. The fourth-order valence-electron chi connectivity index (χ4n) is 3.08. The average molecular weight is 371 g/mol. The van der Waals surface area contributed by atoms with Gasteiger partial charge in [-0.2, -0.15) is 0 Å². The smallest absolute Gasteiger partial charge is 0.165 e. The summed E-state index contributed by atoms with van der Waals surface area (Å²) in [6, 6.07) is 19.7. The van der Waals surface area contributed by atoms with Crippen molar-refractivity contribution in [3.05, 3.63) is 78.0 Å². The number of nitrogens with zero attached hydrogens (tertiary/aromatic N) is 3. The van der Waals surface area contributed by atoms with E-state index in [9.17, 15) is 0 Å². The first kappa shape index (κ1) is 17.8. The molecule has 0 saturated carbocycles. The van der Waals surface area contributed by atoms with Crippen molar-refractivity contribution < 1.29 is 9.47 Å². The number of fused-ring (bicyclic) bond motifs is 1. The van der Waals surface area contributed by atoms with Gasteiger partial charge in [-0.05, 0) is 72.6 Å². The zero-order valence-electron chi connectivity index (χ0n) is 16.1. The van der Waals surface area contributed by atoms with E-state index >= 15 is 0 Å². The largest absolute Gasteiger partial charge is 0.497 e. The van der Waals surface area contributed by atoms with Crippen LogP contribution < -0.4 is 9.47 Å². The van der Waals surface area contributed by atoms with Crippen molar-refractivity contribution in [2.24, 2.45) is 4.99 Å². The van der Waals surface area contributed by atoms with Gasteiger partial charge < -0.3 is 9.47 Å². The zero-order chi connectivity index (χ0) is 19.5. The summed E-state index contributed by atoms with van der Waals surface area (Å²) in [7, 11) is 3.32. The van der Waals surface area contributed by atoms with Crippen LogP contribution in [0.3, 0.4) is 0 Å². The molecule has 2 heterocycles. The Morgan fingerprint density at radius 1 is 0.893 bits per heavy atom. The molecule has 4 aromatic rings. The Bertz CT molecular complexity index is 1130. The molecule has 0 aliphatic rings. The molecule has 4 rings (SSSR count). The Morgan fingerprint density at radius 3 is 2.18 bits per heavy atom. The lowest BCUT2D eigenvalue weighted by atomic mass is 10.1. The highest BCUT2D eigenvalue weighted by molar-refractivity contribution is 5.85. The predicted molar refractivity (Wildman–Crippen MR) is 112 cm³/mol. The monoisotopic (exact) mass is 371 g/mol. The van der Waals surface area contributed by atoms with Crippen LogP contribution >= 0.6 is 0 Å². The number of imidazole rings is 1. The maximum atomic E-state index is 5.27. The van der Waals surface area contributed by atoms with Crippen LogP contribution in [0.2, 0.25) is 0 Å². The number of aromatic nitrogens is 2. The number of aryl methyl sites for hydroxylation is 1. The van der Waals surface area contributed by atoms with Gasteiger partial charge in [0.15, 0.2) is 5.82 Å². The zero-order valence-corrected chi connectivity index (χ0v) is 16.1. The van der Waals surface area contributed by atoms with Gasteiger partial charge in [-0.1, -0.05) is 6.07 Å². The lowest BCUT2D eigenvalue weighted by Gasteiger charge is -2.03. The number of pyridine rings is 1. The van der Waals surface area contributed by atoms with Gasteiger partial charge in [-0.25, -0.2) is 9.98 Å². The highest BCUT2D eigenvalue weighted by Gasteiger charge is 2.14. The first-order chi connectivity index (χ1) is 13.7. The molecule has 0 spiro atoms. The van der Waals surface area contributed by atoms with Crippen molar-refractivity contribution >= 4 is 17.7 Å². The van der Waals surface area contributed by atoms with Crippen LogP contribution in [0.25, 0.3) is 16.9 Å². The number of benzene rings is 2. The second-order valence-electron chi connectivity index (χ2n) is 6.43. The van der Waals surface area contributed by atoms with E-state index in [0.29, 0.717) is 0 Å². The van der Waals surface area contributed by atoms with Gasteiger partial charge in [0.25, 0.3) is 0 Å². The molecule has 0 radical (unpaired) electrons. The minimum atomic E-state index is 0.791. The molecule has 0 fully saturated rings. The number of rotatable bonds is 5. The van der Waals surface area contributed by atoms with Crippen LogP contribution in [-0.2, 0) is 0 Å². The quantitative estimate of drug-likeness (QED) is 0.460. The van der Waals surface area contributed by atoms with Gasteiger partial charge in [0.1, 0.15) is 22.8 Å². The molecule has 0 aliphatic carbocycles. The summed E-state index contributed by atoms with van der Waals surface area (Å²) < 4.78 is 12.5. The van der Waals surface area contributed by atoms with Crippen LogP contribution in [0.1, 0.15) is 11.1 Å². The second-order valence-corrected chi connectivity index (χ2v) is 6.43. The van der Waals surface area contributed by atoms with Crippen molar-refractivity contribution in [2.45, 2.75) is 6.92 Å². The minimum absolute atomic E-state index is 0.791. The maximum Gasteiger partial charge on any atom is 0.165 e. The van der Waals surface area contributed by atoms with Gasteiger partial charge >= 0.3 is 0 Å². The molecule has 2 aromatic carbocycles.